The summed E-state index contributed by atoms with van der Waals surface area (Å²) < 4.78 is 10.3. The average Bonchev–Trinajstić information content (AvgIpc) is 2.62. The van der Waals surface area contributed by atoms with Crippen molar-refractivity contribution in [2.24, 2.45) is 5.10 Å². The predicted octanol–water partition coefficient (Wildman–Crippen LogP) is 2.96. The number of nitrogens with zero attached hydrogens (tertiary/aromatic N) is 2. The van der Waals surface area contributed by atoms with E-state index in [1.54, 1.807) is 18.2 Å². The number of rotatable bonds is 7. The maximum absolute atomic E-state index is 12.0. The zero-order valence-electron chi connectivity index (χ0n) is 14.1. The number of benzene rings is 2. The summed E-state index contributed by atoms with van der Waals surface area (Å²) in [5.41, 5.74) is 3.27. The van der Waals surface area contributed by atoms with Gasteiger partial charge in [0.15, 0.2) is 11.5 Å². The van der Waals surface area contributed by atoms with Crippen LogP contribution in [0.3, 0.4) is 0 Å². The van der Waals surface area contributed by atoms with E-state index in [1.165, 1.54) is 38.6 Å². The summed E-state index contributed by atoms with van der Waals surface area (Å²) in [7, 11) is 3.03. The molecule has 0 spiro atoms. The minimum Gasteiger partial charge on any atom is -0.493 e. The highest BCUT2D eigenvalue weighted by atomic mass is 35.5. The van der Waals surface area contributed by atoms with Crippen molar-refractivity contribution in [1.82, 2.24) is 5.43 Å². The van der Waals surface area contributed by atoms with Gasteiger partial charge in [-0.15, -0.1) is 0 Å². The van der Waals surface area contributed by atoms with Crippen LogP contribution in [0.5, 0.6) is 11.5 Å². The van der Waals surface area contributed by atoms with Gasteiger partial charge in [-0.1, -0.05) is 17.7 Å². The first-order chi connectivity index (χ1) is 12.4. The molecule has 8 nitrogen and oxygen atoms in total. The second-order valence-corrected chi connectivity index (χ2v) is 5.53. The van der Waals surface area contributed by atoms with Crippen molar-refractivity contribution in [2.45, 2.75) is 6.42 Å². The van der Waals surface area contributed by atoms with Crippen LogP contribution in [0.4, 0.5) is 5.69 Å². The number of halogens is 1. The van der Waals surface area contributed by atoms with Crippen molar-refractivity contribution >= 4 is 29.4 Å². The Hall–Kier alpha value is -3.13. The average molecular weight is 378 g/mol. The van der Waals surface area contributed by atoms with Crippen LogP contribution in [-0.2, 0) is 11.2 Å². The molecule has 0 saturated carbocycles. The number of nitro benzene ring substituents is 1. The number of nitro groups is 1. The summed E-state index contributed by atoms with van der Waals surface area (Å²) in [5.74, 6) is 0.717. The minimum absolute atomic E-state index is 0.0698. The van der Waals surface area contributed by atoms with Crippen molar-refractivity contribution in [3.63, 3.8) is 0 Å². The fourth-order valence-electron chi connectivity index (χ4n) is 2.13. The van der Waals surface area contributed by atoms with E-state index < -0.39 is 4.92 Å². The molecule has 0 bridgehead atoms. The molecular formula is C17H16ClN3O5. The SMILES string of the molecule is COc1ccc(CC(=O)N/N=C\c2cc([N+](=O)[O-])ccc2Cl)cc1OC. The third-order valence-electron chi connectivity index (χ3n) is 3.40. The van der Waals surface area contributed by atoms with E-state index in [9.17, 15) is 14.9 Å². The Morgan fingerprint density at radius 3 is 2.62 bits per heavy atom. The van der Waals surface area contributed by atoms with Gasteiger partial charge in [0.2, 0.25) is 5.91 Å². The molecule has 0 aromatic heterocycles. The van der Waals surface area contributed by atoms with Gasteiger partial charge in [-0.25, -0.2) is 5.43 Å². The van der Waals surface area contributed by atoms with Crippen LogP contribution in [0.25, 0.3) is 0 Å². The van der Waals surface area contributed by atoms with Crippen LogP contribution < -0.4 is 14.9 Å². The van der Waals surface area contributed by atoms with Crippen LogP contribution in [-0.4, -0.2) is 31.3 Å². The third-order valence-corrected chi connectivity index (χ3v) is 3.74. The predicted molar refractivity (Wildman–Crippen MR) is 97.1 cm³/mol. The fourth-order valence-corrected chi connectivity index (χ4v) is 2.30. The number of carbonyl (C=O) groups is 1. The summed E-state index contributed by atoms with van der Waals surface area (Å²) in [5, 5.41) is 14.9. The molecule has 26 heavy (non-hydrogen) atoms. The molecule has 0 atom stereocenters. The quantitative estimate of drug-likeness (QED) is 0.454. The zero-order valence-corrected chi connectivity index (χ0v) is 14.8. The Morgan fingerprint density at radius 1 is 1.23 bits per heavy atom. The first-order valence-electron chi connectivity index (χ1n) is 7.41. The maximum Gasteiger partial charge on any atom is 0.270 e. The molecule has 0 heterocycles. The van der Waals surface area contributed by atoms with Crippen LogP contribution in [0.1, 0.15) is 11.1 Å². The molecule has 136 valence electrons. The van der Waals surface area contributed by atoms with E-state index >= 15 is 0 Å². The number of hydrazone groups is 1. The molecule has 2 aromatic rings. The highest BCUT2D eigenvalue weighted by Crippen LogP contribution is 2.27. The van der Waals surface area contributed by atoms with Crippen molar-refractivity contribution in [3.05, 3.63) is 62.7 Å². The van der Waals surface area contributed by atoms with Gasteiger partial charge in [-0.2, -0.15) is 5.10 Å². The van der Waals surface area contributed by atoms with Crippen molar-refractivity contribution in [3.8, 4) is 11.5 Å². The Morgan fingerprint density at radius 2 is 1.96 bits per heavy atom. The Balaban J connectivity index is 2.02. The molecule has 0 radical (unpaired) electrons. The first kappa shape index (κ1) is 19.2. The van der Waals surface area contributed by atoms with Gasteiger partial charge in [-0.05, 0) is 23.8 Å². The van der Waals surface area contributed by atoms with E-state index in [1.807, 2.05) is 0 Å². The minimum atomic E-state index is -0.538. The summed E-state index contributed by atoms with van der Waals surface area (Å²) >= 11 is 5.96. The Bertz CT molecular complexity index is 854. The highest BCUT2D eigenvalue weighted by Gasteiger charge is 2.09. The molecule has 0 saturated heterocycles. The molecule has 2 aromatic carbocycles. The first-order valence-corrected chi connectivity index (χ1v) is 7.79. The number of methoxy groups -OCH3 is 2. The molecular weight excluding hydrogens is 362 g/mol. The number of hydrogen-bond acceptors (Lipinski definition) is 6. The van der Waals surface area contributed by atoms with E-state index in [2.05, 4.69) is 10.5 Å². The molecule has 1 amide bonds. The summed E-state index contributed by atoms with van der Waals surface area (Å²) in [6, 6.07) is 9.09. The topological polar surface area (TPSA) is 103 Å². The van der Waals surface area contributed by atoms with Crippen LogP contribution in [0, 0.1) is 10.1 Å². The van der Waals surface area contributed by atoms with Gasteiger partial charge < -0.3 is 9.47 Å². The molecule has 0 aliphatic rings. The van der Waals surface area contributed by atoms with Crippen molar-refractivity contribution < 1.29 is 19.2 Å². The van der Waals surface area contributed by atoms with Crippen molar-refractivity contribution in [1.29, 1.82) is 0 Å². The van der Waals surface area contributed by atoms with E-state index in [0.717, 1.165) is 0 Å². The smallest absolute Gasteiger partial charge is 0.270 e. The largest absolute Gasteiger partial charge is 0.493 e. The molecule has 0 aliphatic carbocycles. The van der Waals surface area contributed by atoms with Gasteiger partial charge in [0.25, 0.3) is 5.69 Å². The zero-order chi connectivity index (χ0) is 19.1. The summed E-state index contributed by atoms with van der Waals surface area (Å²) in [6.45, 7) is 0. The van der Waals surface area contributed by atoms with Gasteiger partial charge >= 0.3 is 0 Å². The van der Waals surface area contributed by atoms with Gasteiger partial charge in [0.1, 0.15) is 0 Å². The number of non-ortho nitro benzene ring substituents is 1. The number of carbonyl (C=O) groups excluding carboxylic acids is 1. The van der Waals surface area contributed by atoms with Gasteiger partial charge in [-0.3, -0.25) is 14.9 Å². The standard InChI is InChI=1S/C17H16ClN3O5/c1-25-15-6-3-11(7-16(15)26-2)8-17(22)20-19-10-12-9-13(21(23)24)4-5-14(12)18/h3-7,9-10H,8H2,1-2H3,(H,20,22)/b19-10-. The van der Waals surface area contributed by atoms with E-state index in [4.69, 9.17) is 21.1 Å². The Labute approximate surface area is 154 Å². The lowest BCUT2D eigenvalue weighted by Gasteiger charge is -2.09. The highest BCUT2D eigenvalue weighted by molar-refractivity contribution is 6.33. The van der Waals surface area contributed by atoms with Gasteiger partial charge in [0.05, 0.1) is 31.8 Å². The lowest BCUT2D eigenvalue weighted by molar-refractivity contribution is -0.384. The second kappa shape index (κ2) is 8.82. The van der Waals surface area contributed by atoms with Gasteiger partial charge in [0, 0.05) is 22.7 Å². The van der Waals surface area contributed by atoms with Crippen LogP contribution in [0.2, 0.25) is 5.02 Å². The monoisotopic (exact) mass is 377 g/mol. The van der Waals surface area contributed by atoms with Crippen molar-refractivity contribution in [2.75, 3.05) is 14.2 Å². The molecule has 1 N–H and O–H groups in total. The van der Waals surface area contributed by atoms with E-state index in [-0.39, 0.29) is 23.0 Å². The van der Waals surface area contributed by atoms with E-state index in [0.29, 0.717) is 22.6 Å². The maximum atomic E-state index is 12.0. The lowest BCUT2D eigenvalue weighted by Crippen LogP contribution is -2.19. The Kier molecular flexibility index (Phi) is 6.51. The number of amides is 1. The fraction of sp³-hybridized carbons (Fsp3) is 0.176. The molecule has 0 aliphatic heterocycles. The number of nitrogens with one attached hydrogen (secondary N) is 1. The summed E-state index contributed by atoms with van der Waals surface area (Å²) in [6.07, 6.45) is 1.32. The molecule has 9 heteroatoms. The van der Waals surface area contributed by atoms with Crippen LogP contribution >= 0.6 is 11.6 Å². The number of ether oxygens (including phenoxy) is 2. The summed E-state index contributed by atoms with van der Waals surface area (Å²) in [4.78, 5) is 22.2. The second-order valence-electron chi connectivity index (χ2n) is 5.12. The third kappa shape index (κ3) is 4.93. The molecule has 0 fully saturated rings. The molecule has 2 rings (SSSR count). The van der Waals surface area contributed by atoms with Crippen LogP contribution in [0.15, 0.2) is 41.5 Å². The normalized spacial score (nSPS) is 10.6. The molecule has 0 unspecified atom stereocenters. The number of hydrogen-bond donors (Lipinski definition) is 1. The lowest BCUT2D eigenvalue weighted by atomic mass is 10.1.